The van der Waals surface area contributed by atoms with Crippen molar-refractivity contribution in [1.29, 1.82) is 0 Å². The van der Waals surface area contributed by atoms with Crippen molar-refractivity contribution in [3.63, 3.8) is 0 Å². The lowest BCUT2D eigenvalue weighted by Crippen LogP contribution is -2.45. The maximum atomic E-state index is 11.0. The highest BCUT2D eigenvalue weighted by Gasteiger charge is 2.18. The molecule has 0 unspecified atom stereocenters. The largest absolute Gasteiger partial charge is 0.369 e. The van der Waals surface area contributed by atoms with Crippen LogP contribution < -0.4 is 4.90 Å². The lowest BCUT2D eigenvalue weighted by Gasteiger charge is -2.36. The van der Waals surface area contributed by atoms with Crippen LogP contribution in [-0.4, -0.2) is 40.9 Å². The summed E-state index contributed by atoms with van der Waals surface area (Å²) in [6, 6.07) is 15.5. The van der Waals surface area contributed by atoms with Crippen LogP contribution in [0.25, 0.3) is 0 Å². The monoisotopic (exact) mass is 380 g/mol. The molecule has 134 valence electrons. The first-order valence-electron chi connectivity index (χ1n) is 8.24. The smallest absolute Gasteiger partial charge is 0.329 e. The first-order valence-corrected chi connectivity index (χ1v) is 10.4. The molecule has 1 aliphatic rings. The zero-order valence-corrected chi connectivity index (χ0v) is 15.5. The second kappa shape index (κ2) is 7.90. The second-order valence-corrected chi connectivity index (χ2v) is 8.46. The Kier molecular flexibility index (Phi) is 5.82. The Hall–Kier alpha value is -1.36. The number of rotatable bonds is 5. The maximum Gasteiger partial charge on any atom is 0.329 e. The van der Waals surface area contributed by atoms with E-state index in [1.54, 1.807) is 12.1 Å². The fraction of sp³-hybridized carbons (Fsp3) is 0.333. The van der Waals surface area contributed by atoms with Crippen LogP contribution in [0.15, 0.2) is 48.5 Å². The standard InChI is InChI=1S/C18H22ClN2O3P/c19-17-5-7-18(8-6-17)21-11-9-20(10-12-21)13-15-1-3-16(4-2-15)14-25(22,23)24/h1-8H,9-14H2,(H2,22,23,24). The number of hydrogen-bond donors (Lipinski definition) is 2. The third-order valence-corrected chi connectivity index (χ3v) is 5.41. The molecule has 0 aliphatic carbocycles. The van der Waals surface area contributed by atoms with E-state index < -0.39 is 7.60 Å². The molecule has 0 bridgehead atoms. The van der Waals surface area contributed by atoms with E-state index in [-0.39, 0.29) is 6.16 Å². The molecule has 7 heteroatoms. The van der Waals surface area contributed by atoms with E-state index in [0.29, 0.717) is 5.56 Å². The molecule has 2 N–H and O–H groups in total. The SMILES string of the molecule is O=P(O)(O)Cc1ccc(CN2CCN(c3ccc(Cl)cc3)CC2)cc1. The molecule has 5 nitrogen and oxygen atoms in total. The molecule has 3 rings (SSSR count). The fourth-order valence-electron chi connectivity index (χ4n) is 3.06. The van der Waals surface area contributed by atoms with Crippen LogP contribution in [0, 0.1) is 0 Å². The van der Waals surface area contributed by atoms with Crippen LogP contribution in [0.3, 0.4) is 0 Å². The van der Waals surface area contributed by atoms with Gasteiger partial charge in [-0.3, -0.25) is 9.46 Å². The molecule has 2 aromatic carbocycles. The van der Waals surface area contributed by atoms with Gasteiger partial charge in [0.2, 0.25) is 0 Å². The van der Waals surface area contributed by atoms with E-state index in [4.69, 9.17) is 21.4 Å². The summed E-state index contributed by atoms with van der Waals surface area (Å²) in [7, 11) is -4.00. The number of anilines is 1. The van der Waals surface area contributed by atoms with Gasteiger partial charge in [-0.25, -0.2) is 0 Å². The molecule has 0 spiro atoms. The van der Waals surface area contributed by atoms with Gasteiger partial charge in [0.1, 0.15) is 0 Å². The predicted molar refractivity (Wildman–Crippen MR) is 101 cm³/mol. The molecule has 2 aromatic rings. The molecule has 0 saturated carbocycles. The number of benzene rings is 2. The number of piperazine rings is 1. The first kappa shape index (κ1) is 18.4. The van der Waals surface area contributed by atoms with Gasteiger partial charge in [-0.1, -0.05) is 35.9 Å². The predicted octanol–water partition coefficient (Wildman–Crippen LogP) is 3.34. The topological polar surface area (TPSA) is 64.0 Å². The van der Waals surface area contributed by atoms with Gasteiger partial charge >= 0.3 is 7.60 Å². The minimum Gasteiger partial charge on any atom is -0.369 e. The van der Waals surface area contributed by atoms with Gasteiger partial charge in [-0.2, -0.15) is 0 Å². The van der Waals surface area contributed by atoms with Gasteiger partial charge in [0.05, 0.1) is 6.16 Å². The fourth-order valence-corrected chi connectivity index (χ4v) is 3.87. The zero-order valence-electron chi connectivity index (χ0n) is 13.9. The Morgan fingerprint density at radius 2 is 1.44 bits per heavy atom. The highest BCUT2D eigenvalue weighted by atomic mass is 35.5. The van der Waals surface area contributed by atoms with Crippen LogP contribution >= 0.6 is 19.2 Å². The summed E-state index contributed by atoms with van der Waals surface area (Å²) in [6.45, 7) is 4.75. The van der Waals surface area contributed by atoms with Crippen molar-refractivity contribution < 1.29 is 14.4 Å². The van der Waals surface area contributed by atoms with Crippen molar-refractivity contribution in [3.8, 4) is 0 Å². The molecule has 0 radical (unpaired) electrons. The molecule has 0 aromatic heterocycles. The van der Waals surface area contributed by atoms with Crippen molar-refractivity contribution in [1.82, 2.24) is 4.90 Å². The molecule has 1 saturated heterocycles. The van der Waals surface area contributed by atoms with E-state index in [1.807, 2.05) is 24.3 Å². The first-order chi connectivity index (χ1) is 11.9. The summed E-state index contributed by atoms with van der Waals surface area (Å²) in [4.78, 5) is 22.8. The van der Waals surface area contributed by atoms with Crippen molar-refractivity contribution >= 4 is 24.9 Å². The van der Waals surface area contributed by atoms with Gasteiger partial charge in [-0.15, -0.1) is 0 Å². The van der Waals surface area contributed by atoms with Crippen LogP contribution in [0.2, 0.25) is 5.02 Å². The quantitative estimate of drug-likeness (QED) is 0.779. The Labute approximate surface area is 153 Å². The zero-order chi connectivity index (χ0) is 17.9. The summed E-state index contributed by atoms with van der Waals surface area (Å²) in [6.07, 6.45) is -0.201. The maximum absolute atomic E-state index is 11.0. The Morgan fingerprint density at radius 3 is 2.00 bits per heavy atom. The summed E-state index contributed by atoms with van der Waals surface area (Å²) in [5.41, 5.74) is 3.03. The number of nitrogens with zero attached hydrogens (tertiary/aromatic N) is 2. The van der Waals surface area contributed by atoms with Crippen LogP contribution in [0.5, 0.6) is 0 Å². The van der Waals surface area contributed by atoms with Crippen LogP contribution in [-0.2, 0) is 17.3 Å². The van der Waals surface area contributed by atoms with Gasteiger partial charge in [0.15, 0.2) is 0 Å². The van der Waals surface area contributed by atoms with Crippen molar-refractivity contribution in [2.75, 3.05) is 31.1 Å². The van der Waals surface area contributed by atoms with Crippen LogP contribution in [0.4, 0.5) is 5.69 Å². The van der Waals surface area contributed by atoms with Gasteiger partial charge in [0.25, 0.3) is 0 Å². The van der Waals surface area contributed by atoms with Crippen LogP contribution in [0.1, 0.15) is 11.1 Å². The number of hydrogen-bond acceptors (Lipinski definition) is 3. The third kappa shape index (κ3) is 5.56. The average Bonchev–Trinajstić information content (AvgIpc) is 2.57. The van der Waals surface area contributed by atoms with E-state index in [0.717, 1.165) is 43.3 Å². The summed E-state index contributed by atoms with van der Waals surface area (Å²) >= 11 is 5.94. The van der Waals surface area contributed by atoms with Gasteiger partial charge < -0.3 is 14.7 Å². The Morgan fingerprint density at radius 1 is 0.880 bits per heavy atom. The molecule has 1 fully saturated rings. The minimum atomic E-state index is -4.00. The van der Waals surface area contributed by atoms with E-state index >= 15 is 0 Å². The summed E-state index contributed by atoms with van der Waals surface area (Å²) in [5.74, 6) is 0. The Balaban J connectivity index is 1.52. The van der Waals surface area contributed by atoms with Crippen molar-refractivity contribution in [2.45, 2.75) is 12.7 Å². The van der Waals surface area contributed by atoms with E-state index in [1.165, 1.54) is 5.69 Å². The molecule has 1 heterocycles. The Bertz CT molecular complexity index is 738. The molecular formula is C18H22ClN2O3P. The lowest BCUT2D eigenvalue weighted by atomic mass is 10.1. The molecule has 1 aliphatic heterocycles. The third-order valence-electron chi connectivity index (χ3n) is 4.38. The molecule has 25 heavy (non-hydrogen) atoms. The summed E-state index contributed by atoms with van der Waals surface area (Å²) < 4.78 is 11.0. The van der Waals surface area contributed by atoms with Crippen molar-refractivity contribution in [3.05, 3.63) is 64.7 Å². The molecular weight excluding hydrogens is 359 g/mol. The van der Waals surface area contributed by atoms with Crippen molar-refractivity contribution in [2.24, 2.45) is 0 Å². The summed E-state index contributed by atoms with van der Waals surface area (Å²) in [5, 5.41) is 0.754. The molecule has 0 amide bonds. The molecule has 0 atom stereocenters. The number of halogens is 1. The highest BCUT2D eigenvalue weighted by molar-refractivity contribution is 7.50. The van der Waals surface area contributed by atoms with Gasteiger partial charge in [-0.05, 0) is 35.4 Å². The highest BCUT2D eigenvalue weighted by Crippen LogP contribution is 2.38. The minimum absolute atomic E-state index is 0.201. The van der Waals surface area contributed by atoms with Gasteiger partial charge in [0, 0.05) is 43.4 Å². The second-order valence-electron chi connectivity index (χ2n) is 6.38. The average molecular weight is 381 g/mol. The lowest BCUT2D eigenvalue weighted by molar-refractivity contribution is 0.250. The van der Waals surface area contributed by atoms with E-state index in [9.17, 15) is 4.57 Å². The van der Waals surface area contributed by atoms with E-state index in [2.05, 4.69) is 21.9 Å². The normalized spacial score (nSPS) is 16.2.